The fraction of sp³-hybridized carbons (Fsp3) is 1.00. The van der Waals surface area contributed by atoms with E-state index in [2.05, 4.69) is 54.0 Å². The van der Waals surface area contributed by atoms with E-state index < -0.39 is 0 Å². The number of hydrogen-bond donors (Lipinski definition) is 0. The molecule has 30 heavy (non-hydrogen) atoms. The molecule has 0 bridgehead atoms. The molecule has 0 saturated heterocycles. The van der Waals surface area contributed by atoms with E-state index in [9.17, 15) is 0 Å². The summed E-state index contributed by atoms with van der Waals surface area (Å²) in [7, 11) is 12.0. The molecule has 0 heterocycles. The normalized spacial score (nSPS) is 12.0. The van der Waals surface area contributed by atoms with E-state index >= 15 is 0 Å². The molecule has 0 atom stereocenters. The van der Waals surface area contributed by atoms with Crippen molar-refractivity contribution in [2.45, 2.75) is 90.9 Å². The van der Waals surface area contributed by atoms with E-state index in [0.29, 0.717) is 0 Å². The lowest BCUT2D eigenvalue weighted by atomic mass is 10.1. The van der Waals surface area contributed by atoms with Crippen LogP contribution in [0, 0.1) is 0 Å². The molecule has 5 heteroatoms. The summed E-state index contributed by atoms with van der Waals surface area (Å²) < 4.78 is 2.35. The van der Waals surface area contributed by atoms with Gasteiger partial charge in [0.25, 0.3) is 0 Å². The highest BCUT2D eigenvalue weighted by atomic mass is 79.9. The van der Waals surface area contributed by atoms with Gasteiger partial charge >= 0.3 is 0 Å². The van der Waals surface area contributed by atoms with Crippen LogP contribution in [-0.4, -0.2) is 88.4 Å². The van der Waals surface area contributed by atoms with Crippen LogP contribution in [0.5, 0.6) is 0 Å². The maximum Gasteiger partial charge on any atom is 0.0911 e. The van der Waals surface area contributed by atoms with Crippen LogP contribution in [0.4, 0.5) is 0 Å². The van der Waals surface area contributed by atoms with E-state index in [-0.39, 0.29) is 34.0 Å². The highest BCUT2D eigenvalue weighted by Gasteiger charge is 2.18. The van der Waals surface area contributed by atoms with Gasteiger partial charge in [0.05, 0.1) is 54.4 Å². The summed E-state index contributed by atoms with van der Waals surface area (Å²) in [5.74, 6) is 0. The summed E-state index contributed by atoms with van der Waals surface area (Å²) in [6.07, 6.45) is 16.9. The molecule has 0 unspecified atom stereocenters. The monoisotopic (exact) mass is 557 g/mol. The molecule has 0 spiro atoms. The van der Waals surface area contributed by atoms with Gasteiger partial charge in [0.15, 0.2) is 0 Å². The Kier molecular flexibility index (Phi) is 25.6. The van der Waals surface area contributed by atoms with Gasteiger partial charge in [-0.1, -0.05) is 65.2 Å². The first-order valence-electron chi connectivity index (χ1n) is 12.5. The van der Waals surface area contributed by atoms with Crippen LogP contribution in [0.2, 0.25) is 0 Å². The number of likely N-dealkylation sites (N-methyl/N-ethyl adjacent to an activating group) is 3. The third kappa shape index (κ3) is 23.5. The molecule has 0 aliphatic carbocycles. The van der Waals surface area contributed by atoms with Crippen molar-refractivity contribution in [3.05, 3.63) is 0 Å². The molecule has 0 N–H and O–H groups in total. The van der Waals surface area contributed by atoms with E-state index in [1.165, 1.54) is 125 Å². The lowest BCUT2D eigenvalue weighted by Gasteiger charge is -2.34. The molecule has 0 aromatic carbocycles. The van der Waals surface area contributed by atoms with E-state index in [0.717, 1.165) is 0 Å². The van der Waals surface area contributed by atoms with Crippen molar-refractivity contribution in [2.24, 2.45) is 0 Å². The van der Waals surface area contributed by atoms with Gasteiger partial charge in [0, 0.05) is 13.1 Å². The lowest BCUT2D eigenvalue weighted by molar-refractivity contribution is -0.892. The van der Waals surface area contributed by atoms with Crippen LogP contribution in [0.15, 0.2) is 0 Å². The van der Waals surface area contributed by atoms with Gasteiger partial charge in [0.1, 0.15) is 0 Å². The van der Waals surface area contributed by atoms with E-state index in [1.807, 2.05) is 0 Å². The summed E-state index contributed by atoms with van der Waals surface area (Å²) in [6, 6.07) is 0. The van der Waals surface area contributed by atoms with Gasteiger partial charge in [-0.25, -0.2) is 0 Å². The average molecular weight is 560 g/mol. The Labute approximate surface area is 212 Å². The van der Waals surface area contributed by atoms with Crippen molar-refractivity contribution in [2.75, 3.05) is 74.5 Å². The van der Waals surface area contributed by atoms with Crippen molar-refractivity contribution < 1.29 is 42.9 Å². The van der Waals surface area contributed by atoms with Gasteiger partial charge in [-0.3, -0.25) is 4.90 Å². The van der Waals surface area contributed by atoms with Crippen LogP contribution in [0.25, 0.3) is 0 Å². The van der Waals surface area contributed by atoms with Crippen LogP contribution < -0.4 is 34.0 Å². The fourth-order valence-corrected chi connectivity index (χ4v) is 3.86. The van der Waals surface area contributed by atoms with Crippen molar-refractivity contribution in [3.63, 3.8) is 0 Å². The Bertz CT molecular complexity index is 317. The number of nitrogens with zero attached hydrogens (tertiary/aromatic N) is 3. The smallest absolute Gasteiger partial charge is 0.0911 e. The summed E-state index contributed by atoms with van der Waals surface area (Å²) in [4.78, 5) is 2.56. The van der Waals surface area contributed by atoms with Crippen molar-refractivity contribution >= 4 is 0 Å². The van der Waals surface area contributed by atoms with Gasteiger partial charge in [-0.2, -0.15) is 0 Å². The molecule has 0 aliphatic heterocycles. The molecular formula is C25H57Br2N3. The van der Waals surface area contributed by atoms with Gasteiger partial charge in [0.2, 0.25) is 0 Å². The third-order valence-electron chi connectivity index (χ3n) is 6.41. The fourth-order valence-electron chi connectivity index (χ4n) is 3.86. The van der Waals surface area contributed by atoms with Crippen LogP contribution >= 0.6 is 0 Å². The number of hydrogen-bond acceptors (Lipinski definition) is 1. The zero-order valence-electron chi connectivity index (χ0n) is 21.8. The molecule has 0 aliphatic rings. The minimum Gasteiger partial charge on any atom is -1.00 e. The first kappa shape index (κ1) is 35.4. The van der Waals surface area contributed by atoms with Crippen molar-refractivity contribution in [1.82, 2.24) is 4.90 Å². The number of quaternary nitrogens is 2. The summed E-state index contributed by atoms with van der Waals surface area (Å²) in [6.45, 7) is 12.3. The Hall–Kier alpha value is 0.840. The van der Waals surface area contributed by atoms with Crippen LogP contribution in [0.1, 0.15) is 90.9 Å². The second kappa shape index (κ2) is 21.7. The molecule has 0 aromatic heterocycles. The molecule has 0 fully saturated rings. The van der Waals surface area contributed by atoms with Gasteiger partial charge in [-0.15, -0.1) is 0 Å². The second-order valence-corrected chi connectivity index (χ2v) is 10.6. The minimum atomic E-state index is 0. The lowest BCUT2D eigenvalue weighted by Crippen LogP contribution is -3.00. The number of halogens is 2. The number of rotatable bonds is 20. The van der Waals surface area contributed by atoms with E-state index in [4.69, 9.17) is 0 Å². The molecule has 0 saturated carbocycles. The summed E-state index contributed by atoms with van der Waals surface area (Å²) in [5, 5.41) is 0. The van der Waals surface area contributed by atoms with Crippen LogP contribution in [0.3, 0.4) is 0 Å². The summed E-state index contributed by atoms with van der Waals surface area (Å²) >= 11 is 0. The zero-order valence-corrected chi connectivity index (χ0v) is 25.0. The molecule has 0 amide bonds. The first-order valence-corrected chi connectivity index (χ1v) is 12.5. The quantitative estimate of drug-likeness (QED) is 0.148. The molecule has 186 valence electrons. The van der Waals surface area contributed by atoms with Gasteiger partial charge < -0.3 is 42.9 Å². The Balaban J connectivity index is -0.00000364. The average Bonchev–Trinajstić information content (AvgIpc) is 2.64. The Morgan fingerprint density at radius 1 is 0.467 bits per heavy atom. The minimum absolute atomic E-state index is 0. The summed E-state index contributed by atoms with van der Waals surface area (Å²) in [5.41, 5.74) is 0. The Morgan fingerprint density at radius 3 is 1.10 bits per heavy atom. The number of unbranched alkanes of at least 4 members (excludes halogenated alkanes) is 10. The third-order valence-corrected chi connectivity index (χ3v) is 6.41. The zero-order chi connectivity index (χ0) is 21.3. The molecule has 0 aromatic rings. The molecule has 3 nitrogen and oxygen atoms in total. The SMILES string of the molecule is CCCCCCCC[N+](C)(C)CCN(C)CC[N+](C)(C)CCCCCCCC.[Br-].[Br-]. The highest BCUT2D eigenvalue weighted by Crippen LogP contribution is 2.10. The van der Waals surface area contributed by atoms with Crippen LogP contribution in [-0.2, 0) is 0 Å². The Morgan fingerprint density at radius 2 is 0.767 bits per heavy atom. The molecular weight excluding hydrogens is 502 g/mol. The molecule has 0 rings (SSSR count). The first-order chi connectivity index (χ1) is 13.2. The predicted octanol–water partition coefficient (Wildman–Crippen LogP) is -0.200. The predicted molar refractivity (Wildman–Crippen MR) is 128 cm³/mol. The molecule has 0 radical (unpaired) electrons. The standard InChI is InChI=1S/C25H57N3.2BrH/c1-8-10-12-14-16-18-22-27(4,5)24-20-26(3)21-25-28(6,7)23-19-17-15-13-11-9-2;;/h8-25H2,1-7H3;2*1H/q+2;;/p-2. The largest absolute Gasteiger partial charge is 1.00 e. The topological polar surface area (TPSA) is 3.24 Å². The van der Waals surface area contributed by atoms with Crippen molar-refractivity contribution in [3.8, 4) is 0 Å². The van der Waals surface area contributed by atoms with E-state index in [1.54, 1.807) is 0 Å². The maximum absolute atomic E-state index is 2.56. The maximum atomic E-state index is 2.56. The highest BCUT2D eigenvalue weighted by molar-refractivity contribution is 4.52. The van der Waals surface area contributed by atoms with Gasteiger partial charge in [-0.05, 0) is 32.7 Å². The second-order valence-electron chi connectivity index (χ2n) is 10.6. The van der Waals surface area contributed by atoms with Crippen molar-refractivity contribution in [1.29, 1.82) is 0 Å².